The highest BCUT2D eigenvalue weighted by Crippen LogP contribution is 2.27. The number of nitrogens with one attached hydrogen (secondary N) is 1. The van der Waals surface area contributed by atoms with Crippen molar-refractivity contribution in [3.05, 3.63) is 23.8 Å². The summed E-state index contributed by atoms with van der Waals surface area (Å²) in [6.07, 6.45) is 0. The monoisotopic (exact) mass is 238 g/mol. The summed E-state index contributed by atoms with van der Waals surface area (Å²) in [6.45, 7) is 3.23. The Morgan fingerprint density at radius 1 is 1.41 bits per heavy atom. The molecule has 5 nitrogen and oxygen atoms in total. The van der Waals surface area contributed by atoms with Gasteiger partial charge in [0.1, 0.15) is 0 Å². The zero-order valence-corrected chi connectivity index (χ0v) is 10.2. The van der Waals surface area contributed by atoms with Crippen molar-refractivity contribution in [2.24, 2.45) is 5.73 Å². The Balaban J connectivity index is 2.65. The average molecular weight is 238 g/mol. The zero-order valence-electron chi connectivity index (χ0n) is 10.2. The third kappa shape index (κ3) is 4.32. The molecule has 1 amide bonds. The first-order valence-electron chi connectivity index (χ1n) is 5.46. The molecule has 1 aromatic rings. The van der Waals surface area contributed by atoms with Crippen molar-refractivity contribution in [2.75, 3.05) is 20.3 Å². The van der Waals surface area contributed by atoms with Crippen molar-refractivity contribution in [3.63, 3.8) is 0 Å². The van der Waals surface area contributed by atoms with E-state index in [0.29, 0.717) is 24.7 Å². The lowest BCUT2D eigenvalue weighted by atomic mass is 10.2. The van der Waals surface area contributed by atoms with E-state index in [1.807, 2.05) is 25.1 Å². The van der Waals surface area contributed by atoms with Crippen LogP contribution >= 0.6 is 0 Å². The van der Waals surface area contributed by atoms with Crippen LogP contribution in [0.25, 0.3) is 0 Å². The Hall–Kier alpha value is -1.75. The fourth-order valence-corrected chi connectivity index (χ4v) is 1.43. The smallest absolute Gasteiger partial charge is 0.231 e. The molecule has 17 heavy (non-hydrogen) atoms. The van der Waals surface area contributed by atoms with Gasteiger partial charge in [0.25, 0.3) is 0 Å². The maximum atomic E-state index is 10.6. The van der Waals surface area contributed by atoms with Gasteiger partial charge in [-0.2, -0.15) is 0 Å². The number of hydrogen-bond acceptors (Lipinski definition) is 4. The molecule has 3 N–H and O–H groups in total. The molecule has 1 aromatic carbocycles. The number of carbonyl (C=O) groups is 1. The van der Waals surface area contributed by atoms with Gasteiger partial charge in [0.05, 0.1) is 20.3 Å². The largest absolute Gasteiger partial charge is 0.493 e. The highest BCUT2D eigenvalue weighted by atomic mass is 16.5. The predicted molar refractivity (Wildman–Crippen MR) is 65.1 cm³/mol. The van der Waals surface area contributed by atoms with Crippen LogP contribution in [0.2, 0.25) is 0 Å². The maximum absolute atomic E-state index is 10.6. The lowest BCUT2D eigenvalue weighted by Gasteiger charge is -2.11. The molecule has 0 radical (unpaired) electrons. The van der Waals surface area contributed by atoms with Gasteiger partial charge in [-0.15, -0.1) is 0 Å². The van der Waals surface area contributed by atoms with Gasteiger partial charge in [0.15, 0.2) is 11.5 Å². The molecule has 0 aliphatic rings. The maximum Gasteiger partial charge on any atom is 0.231 e. The molecule has 0 fully saturated rings. The number of hydrogen-bond donors (Lipinski definition) is 2. The number of ether oxygens (including phenoxy) is 2. The second-order valence-electron chi connectivity index (χ2n) is 3.49. The molecule has 0 bridgehead atoms. The number of benzene rings is 1. The van der Waals surface area contributed by atoms with Gasteiger partial charge in [-0.05, 0) is 24.6 Å². The van der Waals surface area contributed by atoms with Crippen molar-refractivity contribution in [1.82, 2.24) is 5.32 Å². The molecule has 0 aliphatic carbocycles. The molecule has 0 aliphatic heterocycles. The normalized spacial score (nSPS) is 10.0. The second kappa shape index (κ2) is 6.75. The van der Waals surface area contributed by atoms with Crippen LogP contribution in [0.15, 0.2) is 18.2 Å². The fourth-order valence-electron chi connectivity index (χ4n) is 1.43. The Morgan fingerprint density at radius 2 is 2.18 bits per heavy atom. The predicted octanol–water partition coefficient (Wildman–Crippen LogP) is 0.669. The molecular formula is C12H18N2O3. The summed E-state index contributed by atoms with van der Waals surface area (Å²) in [5, 5.41) is 2.93. The number of nitrogens with two attached hydrogens (primary N) is 1. The fraction of sp³-hybridized carbons (Fsp3) is 0.417. The summed E-state index contributed by atoms with van der Waals surface area (Å²) < 4.78 is 10.6. The van der Waals surface area contributed by atoms with Crippen LogP contribution in [0, 0.1) is 0 Å². The molecule has 5 heteroatoms. The second-order valence-corrected chi connectivity index (χ2v) is 3.49. The van der Waals surface area contributed by atoms with Crippen LogP contribution in [0.4, 0.5) is 0 Å². The molecule has 0 unspecified atom stereocenters. The zero-order chi connectivity index (χ0) is 12.7. The number of methoxy groups -OCH3 is 1. The third-order valence-corrected chi connectivity index (χ3v) is 2.16. The van der Waals surface area contributed by atoms with Crippen molar-refractivity contribution < 1.29 is 14.3 Å². The van der Waals surface area contributed by atoms with E-state index < -0.39 is 0 Å². The molecule has 94 valence electrons. The van der Waals surface area contributed by atoms with Crippen LogP contribution < -0.4 is 20.5 Å². The van der Waals surface area contributed by atoms with E-state index in [9.17, 15) is 4.79 Å². The van der Waals surface area contributed by atoms with Gasteiger partial charge in [-0.3, -0.25) is 4.79 Å². The highest BCUT2D eigenvalue weighted by Gasteiger charge is 2.05. The first-order chi connectivity index (χ1) is 8.17. The first kappa shape index (κ1) is 13.3. The number of amides is 1. The van der Waals surface area contributed by atoms with Crippen LogP contribution in [0.3, 0.4) is 0 Å². The summed E-state index contributed by atoms with van der Waals surface area (Å²) >= 11 is 0. The molecule has 1 rings (SSSR count). The number of carbonyl (C=O) groups excluding carboxylic acids is 1. The summed E-state index contributed by atoms with van der Waals surface area (Å²) in [5.74, 6) is 1.03. The van der Waals surface area contributed by atoms with E-state index >= 15 is 0 Å². The van der Waals surface area contributed by atoms with Gasteiger partial charge in [0, 0.05) is 6.54 Å². The Bertz CT molecular complexity index is 380. The SMILES string of the molecule is CCOc1ccc(CNCC(N)=O)cc1OC. The lowest BCUT2D eigenvalue weighted by Crippen LogP contribution is -2.28. The summed E-state index contributed by atoms with van der Waals surface area (Å²) in [6, 6.07) is 5.64. The van der Waals surface area contributed by atoms with E-state index in [2.05, 4.69) is 5.32 Å². The summed E-state index contributed by atoms with van der Waals surface area (Å²) in [4.78, 5) is 10.6. The quantitative estimate of drug-likeness (QED) is 0.732. The van der Waals surface area contributed by atoms with Crippen LogP contribution in [0.1, 0.15) is 12.5 Å². The summed E-state index contributed by atoms with van der Waals surface area (Å²) in [7, 11) is 1.60. The molecule has 0 spiro atoms. The summed E-state index contributed by atoms with van der Waals surface area (Å²) in [5.41, 5.74) is 6.04. The molecular weight excluding hydrogens is 220 g/mol. The standard InChI is InChI=1S/C12H18N2O3/c1-3-17-10-5-4-9(6-11(10)16-2)7-14-8-12(13)15/h4-6,14H,3,7-8H2,1-2H3,(H2,13,15). The molecule has 0 heterocycles. The minimum atomic E-state index is -0.372. The Labute approximate surface area is 101 Å². The number of primary amides is 1. The topological polar surface area (TPSA) is 73.6 Å². The van der Waals surface area contributed by atoms with Crippen LogP contribution in [-0.2, 0) is 11.3 Å². The van der Waals surface area contributed by atoms with Gasteiger partial charge in [0.2, 0.25) is 5.91 Å². The Morgan fingerprint density at radius 3 is 2.76 bits per heavy atom. The van der Waals surface area contributed by atoms with Gasteiger partial charge in [-0.25, -0.2) is 0 Å². The van der Waals surface area contributed by atoms with Gasteiger partial charge in [-0.1, -0.05) is 6.07 Å². The van der Waals surface area contributed by atoms with Crippen LogP contribution in [-0.4, -0.2) is 26.2 Å². The molecule has 0 aromatic heterocycles. The molecule has 0 saturated carbocycles. The van der Waals surface area contributed by atoms with Crippen molar-refractivity contribution in [3.8, 4) is 11.5 Å². The Kier molecular flexibility index (Phi) is 5.29. The van der Waals surface area contributed by atoms with Gasteiger partial charge >= 0.3 is 0 Å². The minimum Gasteiger partial charge on any atom is -0.493 e. The average Bonchev–Trinajstić information content (AvgIpc) is 2.30. The van der Waals surface area contributed by atoms with Crippen molar-refractivity contribution in [1.29, 1.82) is 0 Å². The highest BCUT2D eigenvalue weighted by molar-refractivity contribution is 5.75. The van der Waals surface area contributed by atoms with E-state index in [4.69, 9.17) is 15.2 Å². The lowest BCUT2D eigenvalue weighted by molar-refractivity contribution is -0.117. The van der Waals surface area contributed by atoms with Crippen molar-refractivity contribution in [2.45, 2.75) is 13.5 Å². The van der Waals surface area contributed by atoms with Crippen molar-refractivity contribution >= 4 is 5.91 Å². The van der Waals surface area contributed by atoms with Crippen LogP contribution in [0.5, 0.6) is 11.5 Å². The van der Waals surface area contributed by atoms with E-state index in [1.54, 1.807) is 7.11 Å². The number of rotatable bonds is 7. The minimum absolute atomic E-state index is 0.162. The third-order valence-electron chi connectivity index (χ3n) is 2.16. The van der Waals surface area contributed by atoms with E-state index in [1.165, 1.54) is 0 Å². The van der Waals surface area contributed by atoms with E-state index in [-0.39, 0.29) is 12.5 Å². The van der Waals surface area contributed by atoms with E-state index in [0.717, 1.165) is 5.56 Å². The van der Waals surface area contributed by atoms with Gasteiger partial charge < -0.3 is 20.5 Å². The molecule has 0 atom stereocenters. The first-order valence-corrected chi connectivity index (χ1v) is 5.46. The molecule has 0 saturated heterocycles.